The van der Waals surface area contributed by atoms with E-state index in [1.807, 2.05) is 13.8 Å². The van der Waals surface area contributed by atoms with Crippen molar-refractivity contribution in [1.29, 1.82) is 0 Å². The first-order chi connectivity index (χ1) is 9.35. The molecule has 5 heteroatoms. The Morgan fingerprint density at radius 3 is 2.15 bits per heavy atom. The number of carbonyl (C=O) groups is 2. The van der Waals surface area contributed by atoms with Gasteiger partial charge in [0.15, 0.2) is 0 Å². The van der Waals surface area contributed by atoms with Crippen LogP contribution in [-0.4, -0.2) is 43.0 Å². The Bertz CT molecular complexity index is 301. The highest BCUT2D eigenvalue weighted by Gasteiger charge is 2.23. The molecule has 2 N–H and O–H groups in total. The second-order valence-electron chi connectivity index (χ2n) is 5.64. The van der Waals surface area contributed by atoms with E-state index in [2.05, 4.69) is 18.6 Å². The van der Waals surface area contributed by atoms with Crippen molar-refractivity contribution >= 4 is 11.9 Å². The van der Waals surface area contributed by atoms with Gasteiger partial charge < -0.3 is 15.4 Å². The molecule has 0 aromatic carbocycles. The molecule has 0 saturated carbocycles. The van der Waals surface area contributed by atoms with Crippen LogP contribution in [0.2, 0.25) is 0 Å². The van der Waals surface area contributed by atoms with Gasteiger partial charge in [0.25, 0.3) is 0 Å². The average Bonchev–Trinajstić information content (AvgIpc) is 2.42. The number of nitrogens with zero attached hydrogens (tertiary/aromatic N) is 1. The molecule has 0 aromatic heterocycles. The molecule has 0 aliphatic carbocycles. The Morgan fingerprint density at radius 2 is 1.75 bits per heavy atom. The van der Waals surface area contributed by atoms with Crippen LogP contribution in [-0.2, 0) is 14.3 Å². The standard InChI is InChI=1S/C15H30N2O3/c1-6-12(7-2)9-17(10-15(19)20-5)14(18)8-13(16)11(3)4/h11-13H,6-10,16H2,1-5H3. The number of carbonyl (C=O) groups excluding carboxylic acids is 2. The number of ether oxygens (including phenoxy) is 1. The van der Waals surface area contributed by atoms with Crippen molar-refractivity contribution in [2.24, 2.45) is 17.6 Å². The number of rotatable bonds is 9. The zero-order valence-electron chi connectivity index (χ0n) is 13.5. The Hall–Kier alpha value is -1.10. The lowest BCUT2D eigenvalue weighted by Crippen LogP contribution is -2.42. The summed E-state index contributed by atoms with van der Waals surface area (Å²) in [5.41, 5.74) is 5.95. The molecular weight excluding hydrogens is 256 g/mol. The molecular formula is C15H30N2O3. The molecule has 0 heterocycles. The molecule has 0 fully saturated rings. The highest BCUT2D eigenvalue weighted by molar-refractivity contribution is 5.82. The van der Waals surface area contributed by atoms with Crippen LogP contribution in [0.1, 0.15) is 47.0 Å². The Kier molecular flexibility index (Phi) is 9.21. The van der Waals surface area contributed by atoms with Gasteiger partial charge in [-0.3, -0.25) is 9.59 Å². The van der Waals surface area contributed by atoms with Crippen molar-refractivity contribution in [3.63, 3.8) is 0 Å². The van der Waals surface area contributed by atoms with Gasteiger partial charge in [0.05, 0.1) is 7.11 Å². The predicted molar refractivity (Wildman–Crippen MR) is 80.1 cm³/mol. The summed E-state index contributed by atoms with van der Waals surface area (Å²) in [6, 6.07) is -0.177. The maximum atomic E-state index is 12.3. The minimum Gasteiger partial charge on any atom is -0.468 e. The molecule has 20 heavy (non-hydrogen) atoms. The highest BCUT2D eigenvalue weighted by Crippen LogP contribution is 2.13. The molecule has 0 aliphatic heterocycles. The quantitative estimate of drug-likeness (QED) is 0.656. The molecule has 0 radical (unpaired) electrons. The molecule has 0 aromatic rings. The van der Waals surface area contributed by atoms with E-state index in [4.69, 9.17) is 5.73 Å². The normalized spacial score (nSPS) is 12.6. The van der Waals surface area contributed by atoms with Crippen molar-refractivity contribution < 1.29 is 14.3 Å². The molecule has 1 amide bonds. The van der Waals surface area contributed by atoms with Gasteiger partial charge in [0.2, 0.25) is 5.91 Å². The topological polar surface area (TPSA) is 72.6 Å². The minimum absolute atomic E-state index is 0.0106. The SMILES string of the molecule is CCC(CC)CN(CC(=O)OC)C(=O)CC(N)C(C)C. The van der Waals surface area contributed by atoms with Crippen LogP contribution >= 0.6 is 0 Å². The first kappa shape index (κ1) is 18.9. The molecule has 0 aliphatic rings. The zero-order valence-corrected chi connectivity index (χ0v) is 13.5. The summed E-state index contributed by atoms with van der Waals surface area (Å²) in [6.45, 7) is 8.76. The molecule has 1 unspecified atom stereocenters. The molecule has 0 rings (SSSR count). The third-order valence-electron chi connectivity index (χ3n) is 3.80. The van der Waals surface area contributed by atoms with Gasteiger partial charge >= 0.3 is 5.97 Å². The van der Waals surface area contributed by atoms with Gasteiger partial charge in [-0.1, -0.05) is 40.5 Å². The van der Waals surface area contributed by atoms with E-state index in [1.54, 1.807) is 4.90 Å². The largest absolute Gasteiger partial charge is 0.468 e. The third-order valence-corrected chi connectivity index (χ3v) is 3.80. The average molecular weight is 286 g/mol. The summed E-state index contributed by atoms with van der Waals surface area (Å²) in [5, 5.41) is 0. The smallest absolute Gasteiger partial charge is 0.325 e. The predicted octanol–water partition coefficient (Wildman–Crippen LogP) is 1.80. The monoisotopic (exact) mass is 286 g/mol. The summed E-state index contributed by atoms with van der Waals surface area (Å²) >= 11 is 0. The number of methoxy groups -OCH3 is 1. The molecule has 0 saturated heterocycles. The van der Waals surface area contributed by atoms with Crippen molar-refractivity contribution in [2.75, 3.05) is 20.2 Å². The van der Waals surface area contributed by atoms with Crippen molar-refractivity contribution in [3.05, 3.63) is 0 Å². The van der Waals surface area contributed by atoms with Crippen LogP contribution in [0.25, 0.3) is 0 Å². The molecule has 5 nitrogen and oxygen atoms in total. The lowest BCUT2D eigenvalue weighted by atomic mass is 10.00. The van der Waals surface area contributed by atoms with Gasteiger partial charge in [0.1, 0.15) is 6.54 Å². The van der Waals surface area contributed by atoms with Crippen LogP contribution in [0.4, 0.5) is 0 Å². The van der Waals surface area contributed by atoms with Crippen LogP contribution in [0, 0.1) is 11.8 Å². The Balaban J connectivity index is 4.73. The summed E-state index contributed by atoms with van der Waals surface area (Å²) in [7, 11) is 1.34. The summed E-state index contributed by atoms with van der Waals surface area (Å²) in [4.78, 5) is 25.4. The summed E-state index contributed by atoms with van der Waals surface area (Å²) < 4.78 is 4.67. The Labute approximate surface area is 122 Å². The van der Waals surface area contributed by atoms with E-state index in [1.165, 1.54) is 7.11 Å². The first-order valence-electron chi connectivity index (χ1n) is 7.45. The van der Waals surface area contributed by atoms with E-state index in [0.717, 1.165) is 12.8 Å². The fourth-order valence-electron chi connectivity index (χ4n) is 1.90. The second kappa shape index (κ2) is 9.75. The van der Waals surface area contributed by atoms with Gasteiger partial charge in [-0.25, -0.2) is 0 Å². The van der Waals surface area contributed by atoms with Gasteiger partial charge in [0, 0.05) is 19.0 Å². The fourth-order valence-corrected chi connectivity index (χ4v) is 1.90. The molecule has 1 atom stereocenters. The minimum atomic E-state index is -0.387. The van der Waals surface area contributed by atoms with Crippen molar-refractivity contribution in [3.8, 4) is 0 Å². The summed E-state index contributed by atoms with van der Waals surface area (Å²) in [6.07, 6.45) is 2.24. The van der Waals surface area contributed by atoms with E-state index >= 15 is 0 Å². The maximum absolute atomic E-state index is 12.3. The van der Waals surface area contributed by atoms with Gasteiger partial charge in [-0.15, -0.1) is 0 Å². The van der Waals surface area contributed by atoms with Gasteiger partial charge in [-0.2, -0.15) is 0 Å². The third kappa shape index (κ3) is 6.89. The van der Waals surface area contributed by atoms with E-state index in [0.29, 0.717) is 12.5 Å². The second-order valence-corrected chi connectivity index (χ2v) is 5.64. The van der Waals surface area contributed by atoms with Crippen molar-refractivity contribution in [1.82, 2.24) is 4.90 Å². The molecule has 118 valence electrons. The lowest BCUT2D eigenvalue weighted by molar-refractivity contribution is -0.147. The number of amides is 1. The lowest BCUT2D eigenvalue weighted by Gasteiger charge is -2.27. The fraction of sp³-hybridized carbons (Fsp3) is 0.867. The number of hydrogen-bond acceptors (Lipinski definition) is 4. The van der Waals surface area contributed by atoms with E-state index in [9.17, 15) is 9.59 Å². The molecule has 0 spiro atoms. The Morgan fingerprint density at radius 1 is 1.20 bits per heavy atom. The maximum Gasteiger partial charge on any atom is 0.325 e. The summed E-state index contributed by atoms with van der Waals surface area (Å²) in [5.74, 6) is 0.192. The van der Waals surface area contributed by atoms with Crippen LogP contribution in [0.3, 0.4) is 0 Å². The highest BCUT2D eigenvalue weighted by atomic mass is 16.5. The van der Waals surface area contributed by atoms with Crippen LogP contribution in [0.5, 0.6) is 0 Å². The number of esters is 1. The van der Waals surface area contributed by atoms with Crippen LogP contribution in [0.15, 0.2) is 0 Å². The van der Waals surface area contributed by atoms with E-state index in [-0.39, 0.29) is 36.8 Å². The zero-order chi connectivity index (χ0) is 15.7. The van der Waals surface area contributed by atoms with E-state index < -0.39 is 0 Å². The molecule has 0 bridgehead atoms. The number of nitrogens with two attached hydrogens (primary N) is 1. The van der Waals surface area contributed by atoms with Gasteiger partial charge in [-0.05, 0) is 11.8 Å². The van der Waals surface area contributed by atoms with Crippen LogP contribution < -0.4 is 5.73 Å². The van der Waals surface area contributed by atoms with Crippen molar-refractivity contribution in [2.45, 2.75) is 53.0 Å². The first-order valence-corrected chi connectivity index (χ1v) is 7.45. The number of hydrogen-bond donors (Lipinski definition) is 1.